The topological polar surface area (TPSA) is 96.0 Å². The number of amides is 1. The van der Waals surface area contributed by atoms with Crippen molar-refractivity contribution in [2.75, 3.05) is 0 Å². The summed E-state index contributed by atoms with van der Waals surface area (Å²) in [5.41, 5.74) is -0.829. The fraction of sp³-hybridized carbons (Fsp3) is 0.273. The van der Waals surface area contributed by atoms with Gasteiger partial charge >= 0.3 is 5.69 Å². The molecule has 1 N–H and O–H groups in total. The lowest BCUT2D eigenvalue weighted by Gasteiger charge is -2.08. The third kappa shape index (κ3) is 3.01. The first-order chi connectivity index (χ1) is 8.49. The fourth-order valence-corrected chi connectivity index (χ4v) is 1.26. The van der Waals surface area contributed by atoms with Crippen LogP contribution < -0.4 is 5.32 Å². The minimum absolute atomic E-state index is 0.0585. The van der Waals surface area contributed by atoms with Crippen LogP contribution in [0.15, 0.2) is 18.2 Å². The second kappa shape index (κ2) is 5.72. The second-order valence-electron chi connectivity index (χ2n) is 3.49. The number of hydrogen-bond acceptors (Lipinski definition) is 4. The lowest BCUT2D eigenvalue weighted by atomic mass is 10.1. The van der Waals surface area contributed by atoms with Crippen LogP contribution in [0.3, 0.4) is 0 Å². The van der Waals surface area contributed by atoms with E-state index in [-0.39, 0.29) is 5.56 Å². The largest absolute Gasteiger partial charge is 0.336 e. The highest BCUT2D eigenvalue weighted by Crippen LogP contribution is 2.18. The zero-order valence-electron chi connectivity index (χ0n) is 9.51. The van der Waals surface area contributed by atoms with Gasteiger partial charge in [-0.1, -0.05) is 6.92 Å². The van der Waals surface area contributed by atoms with Gasteiger partial charge in [-0.3, -0.25) is 14.9 Å². The maximum atomic E-state index is 13.1. The Morgan fingerprint density at radius 3 is 2.83 bits per heavy atom. The second-order valence-corrected chi connectivity index (χ2v) is 3.49. The number of nitro groups is 1. The van der Waals surface area contributed by atoms with E-state index in [9.17, 15) is 19.3 Å². The van der Waals surface area contributed by atoms with Gasteiger partial charge in [-0.05, 0) is 18.6 Å². The molecule has 0 spiro atoms. The molecule has 0 radical (unpaired) electrons. The quantitative estimate of drug-likeness (QED) is 0.651. The van der Waals surface area contributed by atoms with E-state index < -0.39 is 28.4 Å². The van der Waals surface area contributed by atoms with Gasteiger partial charge in [-0.15, -0.1) is 0 Å². The van der Waals surface area contributed by atoms with E-state index in [1.54, 1.807) is 6.92 Å². The molecule has 0 aliphatic carbocycles. The van der Waals surface area contributed by atoms with E-state index in [1.165, 1.54) is 0 Å². The third-order valence-corrected chi connectivity index (χ3v) is 2.27. The molecular formula is C11H10FN3O3. The molecule has 0 aromatic heterocycles. The van der Waals surface area contributed by atoms with Crippen LogP contribution in [0.4, 0.5) is 10.1 Å². The fourth-order valence-electron chi connectivity index (χ4n) is 1.26. The average Bonchev–Trinajstić information content (AvgIpc) is 2.35. The number of halogens is 1. The Kier molecular flexibility index (Phi) is 4.32. The molecule has 0 bridgehead atoms. The summed E-state index contributed by atoms with van der Waals surface area (Å²) in [5.74, 6) is -1.66. The van der Waals surface area contributed by atoms with Crippen LogP contribution in [-0.2, 0) is 0 Å². The molecule has 1 amide bonds. The van der Waals surface area contributed by atoms with Gasteiger partial charge in [-0.2, -0.15) is 9.65 Å². The monoisotopic (exact) mass is 251 g/mol. The first-order valence-electron chi connectivity index (χ1n) is 5.14. The highest BCUT2D eigenvalue weighted by molar-refractivity contribution is 5.95. The van der Waals surface area contributed by atoms with Crippen LogP contribution in [0, 0.1) is 27.3 Å². The summed E-state index contributed by atoms with van der Waals surface area (Å²) >= 11 is 0. The molecule has 0 aliphatic heterocycles. The van der Waals surface area contributed by atoms with Crippen molar-refractivity contribution < 1.29 is 14.1 Å². The summed E-state index contributed by atoms with van der Waals surface area (Å²) in [6, 6.07) is 4.00. The van der Waals surface area contributed by atoms with Crippen molar-refractivity contribution in [1.29, 1.82) is 5.26 Å². The SMILES string of the molecule is CCC(C#N)NC(=O)c1ccc(F)c([N+](=O)[O-])c1. The van der Waals surface area contributed by atoms with Gasteiger partial charge in [0.2, 0.25) is 5.82 Å². The number of nitriles is 1. The molecule has 94 valence electrons. The summed E-state index contributed by atoms with van der Waals surface area (Å²) in [5, 5.41) is 21.6. The third-order valence-electron chi connectivity index (χ3n) is 2.27. The van der Waals surface area contributed by atoms with Crippen LogP contribution in [-0.4, -0.2) is 16.9 Å². The van der Waals surface area contributed by atoms with Gasteiger partial charge in [0, 0.05) is 11.6 Å². The molecule has 1 unspecified atom stereocenters. The van der Waals surface area contributed by atoms with Gasteiger partial charge in [-0.25, -0.2) is 0 Å². The van der Waals surface area contributed by atoms with E-state index in [1.807, 2.05) is 6.07 Å². The summed E-state index contributed by atoms with van der Waals surface area (Å²) in [6.07, 6.45) is 0.408. The Balaban J connectivity index is 2.97. The van der Waals surface area contributed by atoms with Crippen LogP contribution in [0.1, 0.15) is 23.7 Å². The van der Waals surface area contributed by atoms with E-state index >= 15 is 0 Å². The smallest absolute Gasteiger partial charge is 0.305 e. The molecule has 1 aromatic rings. The number of nitrogens with one attached hydrogen (secondary N) is 1. The van der Waals surface area contributed by atoms with Gasteiger partial charge in [0.05, 0.1) is 11.0 Å². The van der Waals surface area contributed by atoms with Gasteiger partial charge < -0.3 is 5.32 Å². The molecule has 6 nitrogen and oxygen atoms in total. The van der Waals surface area contributed by atoms with E-state index in [0.29, 0.717) is 6.42 Å². The Morgan fingerprint density at radius 1 is 1.67 bits per heavy atom. The standard InChI is InChI=1S/C11H10FN3O3/c1-2-8(6-13)14-11(16)7-3-4-9(12)10(5-7)15(17)18/h3-5,8H,2H2,1H3,(H,14,16). The van der Waals surface area contributed by atoms with Crippen molar-refractivity contribution in [2.24, 2.45) is 0 Å². The highest BCUT2D eigenvalue weighted by Gasteiger charge is 2.18. The maximum Gasteiger partial charge on any atom is 0.305 e. The number of hydrogen-bond donors (Lipinski definition) is 1. The number of carbonyl (C=O) groups excluding carboxylic acids is 1. The number of benzene rings is 1. The number of nitrogens with zero attached hydrogens (tertiary/aromatic N) is 2. The summed E-state index contributed by atoms with van der Waals surface area (Å²) in [7, 11) is 0. The van der Waals surface area contributed by atoms with E-state index in [2.05, 4.69) is 5.32 Å². The Morgan fingerprint density at radius 2 is 2.33 bits per heavy atom. The predicted molar refractivity (Wildman–Crippen MR) is 60.2 cm³/mol. The molecule has 0 aliphatic rings. The number of rotatable bonds is 4. The first-order valence-corrected chi connectivity index (χ1v) is 5.14. The van der Waals surface area contributed by atoms with Gasteiger partial charge in [0.1, 0.15) is 6.04 Å². The molecule has 7 heteroatoms. The first kappa shape index (κ1) is 13.6. The van der Waals surface area contributed by atoms with Crippen molar-refractivity contribution in [3.63, 3.8) is 0 Å². The summed E-state index contributed by atoms with van der Waals surface area (Å²) < 4.78 is 13.1. The van der Waals surface area contributed by atoms with Crippen molar-refractivity contribution in [3.05, 3.63) is 39.7 Å². The molecule has 1 rings (SSSR count). The summed E-state index contributed by atoms with van der Waals surface area (Å²) in [4.78, 5) is 21.3. The molecule has 0 saturated carbocycles. The van der Waals surface area contributed by atoms with Crippen molar-refractivity contribution in [2.45, 2.75) is 19.4 Å². The zero-order chi connectivity index (χ0) is 13.7. The van der Waals surface area contributed by atoms with Gasteiger partial charge in [0.15, 0.2) is 0 Å². The molecule has 0 fully saturated rings. The molecule has 1 aromatic carbocycles. The Bertz CT molecular complexity index is 525. The van der Waals surface area contributed by atoms with Crippen LogP contribution in [0.2, 0.25) is 0 Å². The van der Waals surface area contributed by atoms with Crippen LogP contribution in [0.5, 0.6) is 0 Å². The maximum absolute atomic E-state index is 13.1. The minimum atomic E-state index is -1.01. The van der Waals surface area contributed by atoms with Crippen molar-refractivity contribution in [1.82, 2.24) is 5.32 Å². The Labute approximate surface area is 102 Å². The minimum Gasteiger partial charge on any atom is -0.336 e. The van der Waals surface area contributed by atoms with Crippen LogP contribution in [0.25, 0.3) is 0 Å². The van der Waals surface area contributed by atoms with E-state index in [0.717, 1.165) is 18.2 Å². The van der Waals surface area contributed by atoms with E-state index in [4.69, 9.17) is 5.26 Å². The predicted octanol–water partition coefficient (Wildman–Crippen LogP) is 1.77. The summed E-state index contributed by atoms with van der Waals surface area (Å²) in [6.45, 7) is 1.71. The molecule has 0 heterocycles. The number of carbonyl (C=O) groups is 1. The highest BCUT2D eigenvalue weighted by atomic mass is 19.1. The molecular weight excluding hydrogens is 241 g/mol. The Hall–Kier alpha value is -2.49. The number of nitro benzene ring substituents is 1. The molecule has 1 atom stereocenters. The van der Waals surface area contributed by atoms with Gasteiger partial charge in [0.25, 0.3) is 5.91 Å². The van der Waals surface area contributed by atoms with Crippen LogP contribution >= 0.6 is 0 Å². The zero-order valence-corrected chi connectivity index (χ0v) is 9.51. The lowest BCUT2D eigenvalue weighted by molar-refractivity contribution is -0.387. The molecule has 18 heavy (non-hydrogen) atoms. The molecule has 0 saturated heterocycles. The lowest BCUT2D eigenvalue weighted by Crippen LogP contribution is -2.33. The van der Waals surface area contributed by atoms with Crippen molar-refractivity contribution >= 4 is 11.6 Å². The van der Waals surface area contributed by atoms with Crippen molar-refractivity contribution in [3.8, 4) is 6.07 Å². The normalized spacial score (nSPS) is 11.4. The average molecular weight is 251 g/mol.